The molecular weight excluding hydrogens is 393 g/mol. The Kier molecular flexibility index (Phi) is 4.98. The van der Waals surface area contributed by atoms with Crippen molar-refractivity contribution < 1.29 is 13.9 Å². The molecule has 0 aliphatic rings. The van der Waals surface area contributed by atoms with Crippen LogP contribution in [0.15, 0.2) is 36.4 Å². The van der Waals surface area contributed by atoms with Crippen LogP contribution >= 0.6 is 11.3 Å². The number of carbonyl (C=O) groups excluding carboxylic acids is 1. The highest BCUT2D eigenvalue weighted by molar-refractivity contribution is 7.19. The maximum Gasteiger partial charge on any atom is 0.412 e. The quantitative estimate of drug-likeness (QED) is 0.531. The van der Waals surface area contributed by atoms with E-state index in [1.54, 1.807) is 17.7 Å². The van der Waals surface area contributed by atoms with Gasteiger partial charge in [-0.2, -0.15) is 0 Å². The van der Waals surface area contributed by atoms with E-state index in [-0.39, 0.29) is 12.4 Å². The zero-order chi connectivity index (χ0) is 20.5. The van der Waals surface area contributed by atoms with Gasteiger partial charge in [-0.25, -0.2) is 18.9 Å². The lowest BCUT2D eigenvalue weighted by atomic mass is 10.1. The van der Waals surface area contributed by atoms with Gasteiger partial charge in [-0.3, -0.25) is 5.32 Å². The minimum Gasteiger partial charge on any atom is -0.444 e. The molecule has 4 aromatic rings. The highest BCUT2D eigenvalue weighted by Crippen LogP contribution is 2.33. The van der Waals surface area contributed by atoms with E-state index in [1.807, 2.05) is 32.2 Å². The third kappa shape index (κ3) is 3.95. The lowest BCUT2D eigenvalue weighted by molar-refractivity contribution is 0.155. The van der Waals surface area contributed by atoms with E-state index in [2.05, 4.69) is 20.6 Å². The number of halogens is 1. The van der Waals surface area contributed by atoms with Crippen LogP contribution in [0.1, 0.15) is 16.8 Å². The normalized spacial score (nSPS) is 11.0. The van der Waals surface area contributed by atoms with Crippen molar-refractivity contribution in [1.29, 1.82) is 0 Å². The highest BCUT2D eigenvalue weighted by Gasteiger charge is 2.15. The number of aryl methyl sites for hydroxylation is 3. The Labute approximate surface area is 170 Å². The standard InChI is InChI=1S/C20H18FN5O2S/c1-11-8-14(21)5-6-15(11)19-22-12(2)18(29-19)23-20(27)28-10-13-4-7-17-16(9-13)24-25-26(17)3/h4-9H,10H2,1-3H3,(H,23,27). The van der Waals surface area contributed by atoms with Crippen molar-refractivity contribution in [2.45, 2.75) is 20.5 Å². The van der Waals surface area contributed by atoms with Crippen molar-refractivity contribution in [3.05, 3.63) is 59.0 Å². The lowest BCUT2D eigenvalue weighted by Crippen LogP contribution is -2.13. The third-order valence-electron chi connectivity index (χ3n) is 4.48. The average Bonchev–Trinajstić information content (AvgIpc) is 3.23. The second-order valence-corrected chi connectivity index (χ2v) is 7.63. The molecular formula is C20H18FN5O2S. The van der Waals surface area contributed by atoms with Crippen molar-refractivity contribution >= 4 is 33.5 Å². The average molecular weight is 411 g/mol. The van der Waals surface area contributed by atoms with Crippen LogP contribution in [0.5, 0.6) is 0 Å². The first-order chi connectivity index (χ1) is 13.9. The van der Waals surface area contributed by atoms with Crippen molar-refractivity contribution in [2.24, 2.45) is 7.05 Å². The Balaban J connectivity index is 1.43. The van der Waals surface area contributed by atoms with Gasteiger partial charge in [0.15, 0.2) is 0 Å². The van der Waals surface area contributed by atoms with Crippen LogP contribution in [0, 0.1) is 19.7 Å². The van der Waals surface area contributed by atoms with Gasteiger partial charge in [0.25, 0.3) is 0 Å². The smallest absolute Gasteiger partial charge is 0.412 e. The number of thiazole rings is 1. The number of nitrogens with zero attached hydrogens (tertiary/aromatic N) is 4. The number of hydrogen-bond donors (Lipinski definition) is 1. The van der Waals surface area contributed by atoms with E-state index in [0.717, 1.165) is 27.7 Å². The second-order valence-electron chi connectivity index (χ2n) is 6.63. The number of carbonyl (C=O) groups is 1. The van der Waals surface area contributed by atoms with Gasteiger partial charge >= 0.3 is 6.09 Å². The molecule has 0 atom stereocenters. The molecule has 2 aromatic carbocycles. The van der Waals surface area contributed by atoms with E-state index < -0.39 is 6.09 Å². The van der Waals surface area contributed by atoms with Crippen molar-refractivity contribution in [1.82, 2.24) is 20.0 Å². The molecule has 1 N–H and O–H groups in total. The predicted molar refractivity (Wildman–Crippen MR) is 109 cm³/mol. The van der Waals surface area contributed by atoms with E-state index >= 15 is 0 Å². The number of hydrogen-bond acceptors (Lipinski definition) is 6. The fraction of sp³-hybridized carbons (Fsp3) is 0.200. The SMILES string of the molecule is Cc1cc(F)ccc1-c1nc(C)c(NC(=O)OCc2ccc3c(c2)nnn3C)s1. The summed E-state index contributed by atoms with van der Waals surface area (Å²) in [5.41, 5.74) is 4.75. The van der Waals surface area contributed by atoms with Gasteiger partial charge in [-0.1, -0.05) is 22.6 Å². The van der Waals surface area contributed by atoms with Gasteiger partial charge in [0.2, 0.25) is 0 Å². The number of anilines is 1. The van der Waals surface area contributed by atoms with Gasteiger partial charge in [0.05, 0.1) is 11.2 Å². The summed E-state index contributed by atoms with van der Waals surface area (Å²) in [5.74, 6) is -0.291. The van der Waals surface area contributed by atoms with Crippen LogP contribution in [0.4, 0.5) is 14.2 Å². The molecule has 2 aromatic heterocycles. The molecule has 29 heavy (non-hydrogen) atoms. The molecule has 1 amide bonds. The molecule has 0 saturated heterocycles. The van der Waals surface area contributed by atoms with Gasteiger partial charge in [0, 0.05) is 12.6 Å². The predicted octanol–water partition coefficient (Wildman–Crippen LogP) is 4.60. The Hall–Kier alpha value is -3.33. The van der Waals surface area contributed by atoms with Crippen molar-refractivity contribution in [3.63, 3.8) is 0 Å². The first-order valence-corrected chi connectivity index (χ1v) is 9.68. The van der Waals surface area contributed by atoms with Crippen LogP contribution < -0.4 is 5.32 Å². The summed E-state index contributed by atoms with van der Waals surface area (Å²) < 4.78 is 20.3. The first-order valence-electron chi connectivity index (χ1n) is 8.87. The van der Waals surface area contributed by atoms with Gasteiger partial charge in [0.1, 0.15) is 27.9 Å². The van der Waals surface area contributed by atoms with Crippen LogP contribution in [0.3, 0.4) is 0 Å². The van der Waals surface area contributed by atoms with Gasteiger partial charge < -0.3 is 4.74 Å². The summed E-state index contributed by atoms with van der Waals surface area (Å²) in [5, 5.41) is 12.1. The Morgan fingerprint density at radius 3 is 2.86 bits per heavy atom. The van der Waals surface area contributed by atoms with Crippen LogP contribution in [-0.2, 0) is 18.4 Å². The number of ether oxygens (including phenoxy) is 1. The van der Waals surface area contributed by atoms with Crippen LogP contribution in [0.2, 0.25) is 0 Å². The zero-order valence-electron chi connectivity index (χ0n) is 16.1. The number of amides is 1. The maximum atomic E-state index is 13.3. The zero-order valence-corrected chi connectivity index (χ0v) is 16.9. The van der Waals surface area contributed by atoms with Crippen LogP contribution in [0.25, 0.3) is 21.6 Å². The van der Waals surface area contributed by atoms with Gasteiger partial charge in [-0.15, -0.1) is 5.10 Å². The molecule has 9 heteroatoms. The fourth-order valence-electron chi connectivity index (χ4n) is 2.95. The van der Waals surface area contributed by atoms with E-state index in [1.165, 1.54) is 23.5 Å². The molecule has 0 unspecified atom stereocenters. The van der Waals surface area contributed by atoms with Crippen molar-refractivity contribution in [2.75, 3.05) is 5.32 Å². The molecule has 148 valence electrons. The Morgan fingerprint density at radius 1 is 1.24 bits per heavy atom. The Bertz CT molecular complexity index is 1220. The molecule has 0 fully saturated rings. The summed E-state index contributed by atoms with van der Waals surface area (Å²) in [7, 11) is 1.82. The Morgan fingerprint density at radius 2 is 2.07 bits per heavy atom. The topological polar surface area (TPSA) is 81.9 Å². The molecule has 0 saturated carbocycles. The largest absolute Gasteiger partial charge is 0.444 e. The molecule has 0 bridgehead atoms. The molecule has 2 heterocycles. The number of nitrogens with one attached hydrogen (secondary N) is 1. The molecule has 0 aliphatic carbocycles. The summed E-state index contributed by atoms with van der Waals surface area (Å²) in [4.78, 5) is 16.7. The summed E-state index contributed by atoms with van der Waals surface area (Å²) in [6, 6.07) is 10.1. The second kappa shape index (κ2) is 7.59. The maximum absolute atomic E-state index is 13.3. The lowest BCUT2D eigenvalue weighted by Gasteiger charge is -2.06. The number of benzene rings is 2. The molecule has 0 radical (unpaired) electrons. The highest BCUT2D eigenvalue weighted by atomic mass is 32.1. The minimum atomic E-state index is -0.571. The van der Waals surface area contributed by atoms with E-state index in [4.69, 9.17) is 4.74 Å². The third-order valence-corrected chi connectivity index (χ3v) is 5.58. The minimum absolute atomic E-state index is 0.111. The van der Waals surface area contributed by atoms with Crippen molar-refractivity contribution in [3.8, 4) is 10.6 Å². The molecule has 0 aliphatic heterocycles. The number of aromatic nitrogens is 4. The fourth-order valence-corrected chi connectivity index (χ4v) is 3.99. The summed E-state index contributed by atoms with van der Waals surface area (Å²) >= 11 is 1.32. The molecule has 0 spiro atoms. The van der Waals surface area contributed by atoms with E-state index in [9.17, 15) is 9.18 Å². The summed E-state index contributed by atoms with van der Waals surface area (Å²) in [6.45, 7) is 3.74. The molecule has 7 nitrogen and oxygen atoms in total. The summed E-state index contributed by atoms with van der Waals surface area (Å²) in [6.07, 6.45) is -0.571. The monoisotopic (exact) mass is 411 g/mol. The van der Waals surface area contributed by atoms with E-state index in [0.29, 0.717) is 15.7 Å². The number of fused-ring (bicyclic) bond motifs is 1. The van der Waals surface area contributed by atoms with Gasteiger partial charge in [-0.05, 0) is 55.3 Å². The first kappa shape index (κ1) is 19.0. The molecule has 4 rings (SSSR count). The number of rotatable bonds is 4. The van der Waals surface area contributed by atoms with Crippen LogP contribution in [-0.4, -0.2) is 26.1 Å².